The van der Waals surface area contributed by atoms with Gasteiger partial charge < -0.3 is 10.2 Å². The van der Waals surface area contributed by atoms with Gasteiger partial charge in [-0.2, -0.15) is 0 Å². The summed E-state index contributed by atoms with van der Waals surface area (Å²) in [5, 5.41) is 2.79. The highest BCUT2D eigenvalue weighted by molar-refractivity contribution is 5.83. The van der Waals surface area contributed by atoms with E-state index in [4.69, 9.17) is 0 Å². The fraction of sp³-hybridized carbons (Fsp3) is 0.556. The summed E-state index contributed by atoms with van der Waals surface area (Å²) in [5.74, 6) is -0.131. The molecule has 2 fully saturated rings. The summed E-state index contributed by atoms with van der Waals surface area (Å²) in [6.45, 7) is 5.61. The first-order chi connectivity index (χ1) is 11.6. The number of rotatable bonds is 5. The van der Waals surface area contributed by atoms with Gasteiger partial charge in [0.25, 0.3) is 0 Å². The fourth-order valence-corrected chi connectivity index (χ4v) is 3.40. The van der Waals surface area contributed by atoms with Crippen molar-refractivity contribution >= 4 is 11.8 Å². The molecule has 5 nitrogen and oxygen atoms in total. The van der Waals surface area contributed by atoms with Gasteiger partial charge in [-0.3, -0.25) is 14.5 Å². The molecule has 2 aliphatic rings. The van der Waals surface area contributed by atoms with Crippen LogP contribution in [0.3, 0.4) is 0 Å². The molecule has 1 aliphatic heterocycles. The average Bonchev–Trinajstić information content (AvgIpc) is 3.36. The summed E-state index contributed by atoms with van der Waals surface area (Å²) < 4.78 is 13.8. The van der Waals surface area contributed by atoms with Crippen molar-refractivity contribution in [2.75, 3.05) is 39.3 Å². The van der Waals surface area contributed by atoms with Crippen LogP contribution in [0.25, 0.3) is 0 Å². The number of hydrogen-bond acceptors (Lipinski definition) is 3. The van der Waals surface area contributed by atoms with Crippen LogP contribution in [0.15, 0.2) is 24.3 Å². The van der Waals surface area contributed by atoms with Crippen molar-refractivity contribution in [2.24, 2.45) is 5.92 Å². The third-order valence-electron chi connectivity index (χ3n) is 4.84. The van der Waals surface area contributed by atoms with E-state index in [1.807, 2.05) is 17.9 Å². The Kier molecular flexibility index (Phi) is 5.14. The Hall–Kier alpha value is -1.95. The maximum atomic E-state index is 13.8. The molecule has 0 radical (unpaired) electrons. The zero-order valence-electron chi connectivity index (χ0n) is 14.0. The third-order valence-corrected chi connectivity index (χ3v) is 4.84. The molecule has 6 heteroatoms. The Labute approximate surface area is 141 Å². The highest BCUT2D eigenvalue weighted by Gasteiger charge is 2.47. The summed E-state index contributed by atoms with van der Waals surface area (Å²) in [6, 6.07) is 6.72. The number of halogens is 1. The standard InChI is InChI=1S/C18H24FN3O2/c1-2-20-17(23)12-21-7-9-22(10-8-21)18(24)15-11-14(15)13-5-3-4-6-16(13)19/h3-6,14-15H,2,7-12H2,1H3,(H,20,23). The number of nitrogens with one attached hydrogen (secondary N) is 1. The number of hydrogen-bond donors (Lipinski definition) is 1. The normalized spacial score (nSPS) is 23.8. The average molecular weight is 333 g/mol. The van der Waals surface area contributed by atoms with Crippen LogP contribution in [0.4, 0.5) is 4.39 Å². The van der Waals surface area contributed by atoms with E-state index >= 15 is 0 Å². The summed E-state index contributed by atoms with van der Waals surface area (Å²) in [5.41, 5.74) is 0.658. The van der Waals surface area contributed by atoms with E-state index in [1.54, 1.807) is 12.1 Å². The van der Waals surface area contributed by atoms with Crippen LogP contribution in [0.5, 0.6) is 0 Å². The van der Waals surface area contributed by atoms with E-state index in [1.165, 1.54) is 6.07 Å². The van der Waals surface area contributed by atoms with Gasteiger partial charge in [0, 0.05) is 38.6 Å². The first kappa shape index (κ1) is 16.9. The molecule has 1 heterocycles. The number of likely N-dealkylation sites (N-methyl/N-ethyl adjacent to an activating group) is 1. The van der Waals surface area contributed by atoms with Gasteiger partial charge in [-0.05, 0) is 30.9 Å². The maximum Gasteiger partial charge on any atom is 0.234 e. The SMILES string of the molecule is CCNC(=O)CN1CCN(C(=O)C2CC2c2ccccc2F)CC1. The first-order valence-electron chi connectivity index (χ1n) is 8.62. The molecule has 0 bridgehead atoms. The van der Waals surface area contributed by atoms with Gasteiger partial charge >= 0.3 is 0 Å². The minimum Gasteiger partial charge on any atom is -0.355 e. The number of amides is 2. The number of carbonyl (C=O) groups excluding carboxylic acids is 2. The van der Waals surface area contributed by atoms with Gasteiger partial charge in [-0.25, -0.2) is 4.39 Å². The second-order valence-electron chi connectivity index (χ2n) is 6.53. The Bertz CT molecular complexity index is 614. The van der Waals surface area contributed by atoms with Gasteiger partial charge in [-0.15, -0.1) is 0 Å². The molecule has 1 saturated heterocycles. The quantitative estimate of drug-likeness (QED) is 0.881. The summed E-state index contributed by atoms with van der Waals surface area (Å²) >= 11 is 0. The Morgan fingerprint density at radius 1 is 1.21 bits per heavy atom. The number of piperazine rings is 1. The summed E-state index contributed by atoms with van der Waals surface area (Å²) in [4.78, 5) is 28.1. The molecule has 1 saturated carbocycles. The fourth-order valence-electron chi connectivity index (χ4n) is 3.40. The molecule has 130 valence electrons. The maximum absolute atomic E-state index is 13.8. The highest BCUT2D eigenvalue weighted by Crippen LogP contribution is 2.49. The van der Waals surface area contributed by atoms with Crippen LogP contribution in [-0.2, 0) is 9.59 Å². The molecule has 1 N–H and O–H groups in total. The molecule has 1 aliphatic carbocycles. The lowest BCUT2D eigenvalue weighted by Crippen LogP contribution is -2.51. The second-order valence-corrected chi connectivity index (χ2v) is 6.53. The van der Waals surface area contributed by atoms with Crippen LogP contribution in [-0.4, -0.2) is 60.9 Å². The molecule has 3 rings (SSSR count). The first-order valence-corrected chi connectivity index (χ1v) is 8.62. The topological polar surface area (TPSA) is 52.7 Å². The largest absolute Gasteiger partial charge is 0.355 e. The minimum atomic E-state index is -0.218. The van der Waals surface area contributed by atoms with Crippen LogP contribution in [0, 0.1) is 11.7 Å². The van der Waals surface area contributed by atoms with Crippen LogP contribution in [0.1, 0.15) is 24.8 Å². The van der Waals surface area contributed by atoms with Crippen molar-refractivity contribution in [3.8, 4) is 0 Å². The number of benzene rings is 1. The zero-order chi connectivity index (χ0) is 17.1. The van der Waals surface area contributed by atoms with Crippen LogP contribution < -0.4 is 5.32 Å². The van der Waals surface area contributed by atoms with Gasteiger partial charge in [-0.1, -0.05) is 18.2 Å². The molecule has 0 aromatic heterocycles. The number of carbonyl (C=O) groups is 2. The molecule has 2 atom stereocenters. The highest BCUT2D eigenvalue weighted by atomic mass is 19.1. The molecular weight excluding hydrogens is 309 g/mol. The van der Waals surface area contributed by atoms with Gasteiger partial charge in [0.15, 0.2) is 0 Å². The van der Waals surface area contributed by atoms with Crippen molar-refractivity contribution in [3.63, 3.8) is 0 Å². The van der Waals surface area contributed by atoms with Crippen LogP contribution >= 0.6 is 0 Å². The summed E-state index contributed by atoms with van der Waals surface area (Å²) in [6.07, 6.45) is 0.735. The van der Waals surface area contributed by atoms with E-state index < -0.39 is 0 Å². The van der Waals surface area contributed by atoms with Crippen molar-refractivity contribution in [1.29, 1.82) is 0 Å². The predicted octanol–water partition coefficient (Wildman–Crippen LogP) is 1.21. The van der Waals surface area contributed by atoms with Gasteiger partial charge in [0.05, 0.1) is 6.54 Å². The molecule has 1 aromatic carbocycles. The lowest BCUT2D eigenvalue weighted by molar-refractivity contribution is -0.134. The monoisotopic (exact) mass is 333 g/mol. The van der Waals surface area contributed by atoms with Gasteiger partial charge in [0.1, 0.15) is 5.82 Å². The summed E-state index contributed by atoms with van der Waals surface area (Å²) in [7, 11) is 0. The Balaban J connectivity index is 1.48. The lowest BCUT2D eigenvalue weighted by Gasteiger charge is -2.34. The van der Waals surface area contributed by atoms with Crippen molar-refractivity contribution < 1.29 is 14.0 Å². The molecule has 1 aromatic rings. The molecular formula is C18H24FN3O2. The van der Waals surface area contributed by atoms with E-state index in [0.29, 0.717) is 44.8 Å². The lowest BCUT2D eigenvalue weighted by atomic mass is 10.1. The van der Waals surface area contributed by atoms with E-state index in [-0.39, 0.29) is 29.5 Å². The third kappa shape index (κ3) is 3.75. The van der Waals surface area contributed by atoms with Crippen molar-refractivity contribution in [3.05, 3.63) is 35.6 Å². The molecule has 24 heavy (non-hydrogen) atoms. The van der Waals surface area contributed by atoms with E-state index in [2.05, 4.69) is 10.2 Å². The second kappa shape index (κ2) is 7.30. The van der Waals surface area contributed by atoms with E-state index in [9.17, 15) is 14.0 Å². The smallest absolute Gasteiger partial charge is 0.234 e. The Morgan fingerprint density at radius 3 is 2.58 bits per heavy atom. The van der Waals surface area contributed by atoms with Crippen molar-refractivity contribution in [1.82, 2.24) is 15.1 Å². The minimum absolute atomic E-state index is 0.0204. The zero-order valence-corrected chi connectivity index (χ0v) is 14.0. The molecule has 2 unspecified atom stereocenters. The molecule has 0 spiro atoms. The predicted molar refractivity (Wildman–Crippen MR) is 89.0 cm³/mol. The molecule has 2 amide bonds. The number of nitrogens with zero attached hydrogens (tertiary/aromatic N) is 2. The van der Waals surface area contributed by atoms with Gasteiger partial charge in [0.2, 0.25) is 11.8 Å². The van der Waals surface area contributed by atoms with Crippen molar-refractivity contribution in [2.45, 2.75) is 19.3 Å². The van der Waals surface area contributed by atoms with E-state index in [0.717, 1.165) is 6.42 Å². The Morgan fingerprint density at radius 2 is 1.92 bits per heavy atom. The van der Waals surface area contributed by atoms with Crippen LogP contribution in [0.2, 0.25) is 0 Å².